The molecule has 116 valence electrons. The van der Waals surface area contributed by atoms with Gasteiger partial charge in [0.25, 0.3) is 0 Å². The normalized spacial score (nSPS) is 12.7. The van der Waals surface area contributed by atoms with Gasteiger partial charge in [-0.05, 0) is 30.8 Å². The lowest BCUT2D eigenvalue weighted by Crippen LogP contribution is -2.26. The third-order valence-corrected chi connectivity index (χ3v) is 4.34. The average Bonchev–Trinajstić information content (AvgIpc) is 3.14. The van der Waals surface area contributed by atoms with Gasteiger partial charge in [-0.25, -0.2) is 4.98 Å². The van der Waals surface area contributed by atoms with Crippen LogP contribution in [0.3, 0.4) is 0 Å². The largest absolute Gasteiger partial charge is 0.381 e. The molecule has 1 unspecified atom stereocenters. The van der Waals surface area contributed by atoms with Crippen LogP contribution in [0.4, 0.5) is 0 Å². The number of ether oxygens (including phenoxy) is 1. The van der Waals surface area contributed by atoms with Crippen molar-refractivity contribution in [2.24, 2.45) is 7.05 Å². The Labute approximate surface area is 131 Å². The predicted octanol–water partition coefficient (Wildman–Crippen LogP) is 3.37. The molecule has 2 aromatic rings. The number of hydrogen-bond acceptors (Lipinski definition) is 4. The molecule has 0 aliphatic rings. The molecule has 2 heterocycles. The number of unbranched alkanes of at least 4 members (excludes halogenated alkanes) is 1. The molecule has 0 saturated heterocycles. The lowest BCUT2D eigenvalue weighted by molar-refractivity contribution is 0.128. The lowest BCUT2D eigenvalue weighted by Gasteiger charge is -2.17. The molecule has 0 amide bonds. The first-order chi connectivity index (χ1) is 10.3. The first kappa shape index (κ1) is 16.2. The molecular weight excluding hydrogens is 282 g/mol. The topological polar surface area (TPSA) is 39.1 Å². The van der Waals surface area contributed by atoms with E-state index in [9.17, 15) is 0 Å². The van der Waals surface area contributed by atoms with E-state index in [0.29, 0.717) is 0 Å². The van der Waals surface area contributed by atoms with Crippen molar-refractivity contribution in [1.82, 2.24) is 14.9 Å². The van der Waals surface area contributed by atoms with Crippen molar-refractivity contribution < 1.29 is 4.74 Å². The summed E-state index contributed by atoms with van der Waals surface area (Å²) in [4.78, 5) is 5.79. The minimum atomic E-state index is 0.167. The number of aromatic nitrogens is 2. The molecule has 0 bridgehead atoms. The smallest absolute Gasteiger partial charge is 0.131 e. The van der Waals surface area contributed by atoms with Crippen LogP contribution >= 0.6 is 11.3 Å². The molecule has 0 fully saturated rings. The van der Waals surface area contributed by atoms with Gasteiger partial charge in [0.2, 0.25) is 0 Å². The maximum Gasteiger partial charge on any atom is 0.131 e. The van der Waals surface area contributed by atoms with E-state index in [2.05, 4.69) is 39.3 Å². The van der Waals surface area contributed by atoms with Crippen LogP contribution in [-0.4, -0.2) is 29.3 Å². The van der Waals surface area contributed by atoms with E-state index >= 15 is 0 Å². The fourth-order valence-corrected chi connectivity index (χ4v) is 3.00. The van der Waals surface area contributed by atoms with Crippen LogP contribution in [0.15, 0.2) is 29.9 Å². The van der Waals surface area contributed by atoms with Gasteiger partial charge < -0.3 is 14.6 Å². The van der Waals surface area contributed by atoms with Crippen molar-refractivity contribution >= 4 is 11.3 Å². The molecule has 1 N–H and O–H groups in total. The zero-order valence-corrected chi connectivity index (χ0v) is 13.7. The maximum atomic E-state index is 5.60. The van der Waals surface area contributed by atoms with Gasteiger partial charge in [0.1, 0.15) is 11.9 Å². The third-order valence-electron chi connectivity index (χ3n) is 3.40. The highest BCUT2D eigenvalue weighted by Gasteiger charge is 2.18. The third kappa shape index (κ3) is 4.95. The average molecular weight is 307 g/mol. The Bertz CT molecular complexity index is 495. The molecule has 2 rings (SSSR count). The summed E-state index contributed by atoms with van der Waals surface area (Å²) in [7, 11) is 2.04. The van der Waals surface area contributed by atoms with Crippen molar-refractivity contribution in [3.8, 4) is 0 Å². The molecule has 0 radical (unpaired) electrons. The number of hydrogen-bond donors (Lipinski definition) is 1. The lowest BCUT2D eigenvalue weighted by atomic mass is 10.2. The predicted molar refractivity (Wildman–Crippen MR) is 87.7 cm³/mol. The number of aryl methyl sites for hydroxylation is 1. The van der Waals surface area contributed by atoms with E-state index in [1.165, 1.54) is 11.3 Å². The van der Waals surface area contributed by atoms with Crippen LogP contribution in [-0.2, 0) is 11.8 Å². The van der Waals surface area contributed by atoms with Gasteiger partial charge in [0.05, 0.1) is 0 Å². The van der Waals surface area contributed by atoms with Gasteiger partial charge in [-0.3, -0.25) is 0 Å². The SMILES string of the molecule is CCCCOCCCNC(c1cccs1)c1nccn1C. The number of thiophene rings is 1. The first-order valence-corrected chi connectivity index (χ1v) is 8.52. The molecule has 0 aliphatic heterocycles. The molecule has 21 heavy (non-hydrogen) atoms. The zero-order valence-electron chi connectivity index (χ0n) is 12.9. The fourth-order valence-electron chi connectivity index (χ4n) is 2.20. The summed E-state index contributed by atoms with van der Waals surface area (Å²) in [5, 5.41) is 5.72. The zero-order chi connectivity index (χ0) is 14.9. The van der Waals surface area contributed by atoms with E-state index in [1.54, 1.807) is 11.3 Å². The first-order valence-electron chi connectivity index (χ1n) is 7.64. The Kier molecular flexibility index (Phi) is 6.92. The van der Waals surface area contributed by atoms with Crippen molar-refractivity contribution in [2.45, 2.75) is 32.2 Å². The second-order valence-electron chi connectivity index (χ2n) is 5.12. The summed E-state index contributed by atoms with van der Waals surface area (Å²) in [6.45, 7) is 4.82. The molecule has 4 nitrogen and oxygen atoms in total. The molecule has 1 atom stereocenters. The molecule has 0 saturated carbocycles. The standard InChI is InChI=1S/C16H25N3OS/c1-3-4-11-20-12-6-8-17-15(14-7-5-13-21-14)16-18-9-10-19(16)2/h5,7,9-10,13,15,17H,3-4,6,8,11-12H2,1-2H3. The minimum Gasteiger partial charge on any atom is -0.381 e. The maximum absolute atomic E-state index is 5.60. The molecule has 2 aromatic heterocycles. The van der Waals surface area contributed by atoms with Gasteiger partial charge in [0, 0.05) is 37.5 Å². The van der Waals surface area contributed by atoms with E-state index < -0.39 is 0 Å². The van der Waals surface area contributed by atoms with E-state index in [4.69, 9.17) is 4.74 Å². The highest BCUT2D eigenvalue weighted by atomic mass is 32.1. The van der Waals surface area contributed by atoms with Crippen LogP contribution in [0.1, 0.15) is 42.9 Å². The fraction of sp³-hybridized carbons (Fsp3) is 0.562. The van der Waals surface area contributed by atoms with Crippen LogP contribution in [0.5, 0.6) is 0 Å². The van der Waals surface area contributed by atoms with E-state index in [-0.39, 0.29) is 6.04 Å². The van der Waals surface area contributed by atoms with Crippen LogP contribution in [0.25, 0.3) is 0 Å². The Morgan fingerprint density at radius 3 is 2.90 bits per heavy atom. The van der Waals surface area contributed by atoms with Crippen LogP contribution in [0.2, 0.25) is 0 Å². The van der Waals surface area contributed by atoms with Gasteiger partial charge in [-0.15, -0.1) is 11.3 Å². The minimum absolute atomic E-state index is 0.167. The quantitative estimate of drug-likeness (QED) is 0.684. The number of nitrogens with zero attached hydrogens (tertiary/aromatic N) is 2. The Balaban J connectivity index is 1.83. The number of rotatable bonds is 10. The van der Waals surface area contributed by atoms with E-state index in [0.717, 1.165) is 38.4 Å². The van der Waals surface area contributed by atoms with Gasteiger partial charge in [-0.2, -0.15) is 0 Å². The number of imidazole rings is 1. The second-order valence-corrected chi connectivity index (χ2v) is 6.10. The summed E-state index contributed by atoms with van der Waals surface area (Å²) in [6, 6.07) is 4.42. The summed E-state index contributed by atoms with van der Waals surface area (Å²) in [6.07, 6.45) is 7.21. The Morgan fingerprint density at radius 2 is 2.24 bits per heavy atom. The molecule has 0 aliphatic carbocycles. The van der Waals surface area contributed by atoms with Crippen LogP contribution in [0, 0.1) is 0 Å². The van der Waals surface area contributed by atoms with Crippen molar-refractivity contribution in [2.75, 3.05) is 19.8 Å². The Hall–Kier alpha value is -1.17. The van der Waals surface area contributed by atoms with Crippen molar-refractivity contribution in [1.29, 1.82) is 0 Å². The molecular formula is C16H25N3OS. The Morgan fingerprint density at radius 1 is 1.38 bits per heavy atom. The van der Waals surface area contributed by atoms with Gasteiger partial charge >= 0.3 is 0 Å². The summed E-state index contributed by atoms with van der Waals surface area (Å²) < 4.78 is 7.68. The monoisotopic (exact) mass is 307 g/mol. The summed E-state index contributed by atoms with van der Waals surface area (Å²) in [5.41, 5.74) is 0. The van der Waals surface area contributed by atoms with Gasteiger partial charge in [-0.1, -0.05) is 19.4 Å². The van der Waals surface area contributed by atoms with Crippen LogP contribution < -0.4 is 5.32 Å². The van der Waals surface area contributed by atoms with Gasteiger partial charge in [0.15, 0.2) is 0 Å². The van der Waals surface area contributed by atoms with E-state index in [1.807, 2.05) is 19.4 Å². The highest BCUT2D eigenvalue weighted by molar-refractivity contribution is 7.10. The summed E-state index contributed by atoms with van der Waals surface area (Å²) in [5.74, 6) is 1.06. The molecule has 0 spiro atoms. The second kappa shape index (κ2) is 8.97. The molecule has 0 aromatic carbocycles. The van der Waals surface area contributed by atoms with Crippen molar-refractivity contribution in [3.63, 3.8) is 0 Å². The van der Waals surface area contributed by atoms with Crippen molar-refractivity contribution in [3.05, 3.63) is 40.6 Å². The molecule has 5 heteroatoms. The number of nitrogens with one attached hydrogen (secondary N) is 1. The summed E-state index contributed by atoms with van der Waals surface area (Å²) >= 11 is 1.77. The highest BCUT2D eigenvalue weighted by Crippen LogP contribution is 2.24.